The fourth-order valence-electron chi connectivity index (χ4n) is 1.43. The van der Waals surface area contributed by atoms with E-state index in [0.29, 0.717) is 10.8 Å². The van der Waals surface area contributed by atoms with Crippen LogP contribution in [0.25, 0.3) is 11.0 Å². The monoisotopic (exact) mass is 224 g/mol. The maximum atomic E-state index is 12.9. The Morgan fingerprint density at radius 1 is 1.40 bits per heavy atom. The highest BCUT2D eigenvalue weighted by Crippen LogP contribution is 2.26. The first-order chi connectivity index (χ1) is 7.16. The first-order valence-corrected chi connectivity index (χ1v) is 5.99. The second-order valence-electron chi connectivity index (χ2n) is 3.76. The summed E-state index contributed by atoms with van der Waals surface area (Å²) in [6, 6.07) is 4.69. The molecule has 0 saturated carbocycles. The Balaban J connectivity index is 2.29. The smallest absolute Gasteiger partial charge is 0.137 e. The normalized spacial score (nSPS) is 11.5. The Bertz CT molecular complexity index is 462. The molecule has 0 bridgehead atoms. The van der Waals surface area contributed by atoms with E-state index >= 15 is 0 Å². The molecule has 0 N–H and O–H groups in total. The molecule has 0 aliphatic heterocycles. The first-order valence-electron chi connectivity index (χ1n) is 4.94. The van der Waals surface area contributed by atoms with Crippen molar-refractivity contribution in [3.63, 3.8) is 0 Å². The van der Waals surface area contributed by atoms with Gasteiger partial charge in [-0.3, -0.25) is 0 Å². The third-order valence-electron chi connectivity index (χ3n) is 2.19. The van der Waals surface area contributed by atoms with E-state index in [1.165, 1.54) is 12.1 Å². The Kier molecular flexibility index (Phi) is 3.00. The number of hydrogen-bond donors (Lipinski definition) is 0. The van der Waals surface area contributed by atoms with Gasteiger partial charge in [0.15, 0.2) is 0 Å². The maximum absolute atomic E-state index is 12.9. The van der Waals surface area contributed by atoms with Gasteiger partial charge in [-0.15, -0.1) is 0 Å². The van der Waals surface area contributed by atoms with E-state index < -0.39 is 0 Å². The summed E-state index contributed by atoms with van der Waals surface area (Å²) < 4.78 is 18.2. The average Bonchev–Trinajstić information content (AvgIpc) is 2.57. The zero-order valence-electron chi connectivity index (χ0n) is 8.79. The molecule has 0 spiro atoms. The Hall–Kier alpha value is -0.960. The van der Waals surface area contributed by atoms with Crippen LogP contribution in [0.15, 0.2) is 28.9 Å². The van der Waals surface area contributed by atoms with Crippen molar-refractivity contribution in [1.29, 1.82) is 0 Å². The molecular formula is C12H13FOS. The molecule has 0 aliphatic rings. The molecule has 0 radical (unpaired) electrons. The zero-order valence-corrected chi connectivity index (χ0v) is 9.60. The van der Waals surface area contributed by atoms with Crippen LogP contribution >= 0.6 is 11.8 Å². The molecule has 1 nitrogen and oxygen atoms in total. The van der Waals surface area contributed by atoms with Crippen molar-refractivity contribution in [2.75, 3.05) is 0 Å². The minimum atomic E-state index is -0.250. The second kappa shape index (κ2) is 4.27. The van der Waals surface area contributed by atoms with Crippen molar-refractivity contribution >= 4 is 22.7 Å². The van der Waals surface area contributed by atoms with Crippen LogP contribution in [0.1, 0.15) is 19.4 Å². The van der Waals surface area contributed by atoms with Crippen LogP contribution in [-0.4, -0.2) is 5.25 Å². The van der Waals surface area contributed by atoms with E-state index in [1.54, 1.807) is 12.3 Å². The SMILES string of the molecule is CC(C)SCc1coc2cc(F)ccc12. The van der Waals surface area contributed by atoms with Crippen LogP contribution < -0.4 is 0 Å². The molecule has 0 atom stereocenters. The van der Waals surface area contributed by atoms with Crippen LogP contribution in [0.5, 0.6) is 0 Å². The molecule has 15 heavy (non-hydrogen) atoms. The number of rotatable bonds is 3. The number of hydrogen-bond acceptors (Lipinski definition) is 2. The molecule has 1 heterocycles. The second-order valence-corrected chi connectivity index (χ2v) is 5.33. The lowest BCUT2D eigenvalue weighted by molar-refractivity contribution is 0.597. The van der Waals surface area contributed by atoms with Crippen LogP contribution in [0.2, 0.25) is 0 Å². The van der Waals surface area contributed by atoms with E-state index in [0.717, 1.165) is 16.7 Å². The summed E-state index contributed by atoms with van der Waals surface area (Å²) in [4.78, 5) is 0. The van der Waals surface area contributed by atoms with Crippen LogP contribution in [-0.2, 0) is 5.75 Å². The number of halogens is 1. The molecule has 0 aliphatic carbocycles. The van der Waals surface area contributed by atoms with Crippen LogP contribution in [0.4, 0.5) is 4.39 Å². The van der Waals surface area contributed by atoms with Gasteiger partial charge in [-0.25, -0.2) is 4.39 Å². The van der Waals surface area contributed by atoms with E-state index in [-0.39, 0.29) is 5.82 Å². The highest BCUT2D eigenvalue weighted by molar-refractivity contribution is 7.99. The van der Waals surface area contributed by atoms with Crippen molar-refractivity contribution in [3.8, 4) is 0 Å². The fourth-order valence-corrected chi connectivity index (χ4v) is 2.16. The molecule has 1 aromatic heterocycles. The Labute approximate surface area is 92.7 Å². The summed E-state index contributed by atoms with van der Waals surface area (Å²) in [5.74, 6) is 0.663. The van der Waals surface area contributed by atoms with Crippen LogP contribution in [0.3, 0.4) is 0 Å². The predicted octanol–water partition coefficient (Wildman–Crippen LogP) is 4.21. The third-order valence-corrected chi connectivity index (χ3v) is 3.33. The third kappa shape index (κ3) is 2.34. The molecule has 0 saturated heterocycles. The summed E-state index contributed by atoms with van der Waals surface area (Å²) >= 11 is 1.85. The zero-order chi connectivity index (χ0) is 10.8. The molecule has 1 aromatic carbocycles. The van der Waals surface area contributed by atoms with Gasteiger partial charge in [0, 0.05) is 22.8 Å². The lowest BCUT2D eigenvalue weighted by atomic mass is 10.2. The van der Waals surface area contributed by atoms with E-state index in [4.69, 9.17) is 4.42 Å². The lowest BCUT2D eigenvalue weighted by Gasteiger charge is -2.02. The maximum Gasteiger partial charge on any atom is 0.137 e. The summed E-state index contributed by atoms with van der Waals surface area (Å²) in [7, 11) is 0. The summed E-state index contributed by atoms with van der Waals surface area (Å²) in [6.07, 6.45) is 1.72. The summed E-state index contributed by atoms with van der Waals surface area (Å²) in [5, 5.41) is 1.61. The molecule has 3 heteroatoms. The van der Waals surface area contributed by atoms with Gasteiger partial charge >= 0.3 is 0 Å². The average molecular weight is 224 g/mol. The minimum absolute atomic E-state index is 0.250. The molecule has 2 aromatic rings. The van der Waals surface area contributed by atoms with E-state index in [9.17, 15) is 4.39 Å². The molecule has 0 fully saturated rings. The van der Waals surface area contributed by atoms with Gasteiger partial charge in [-0.05, 0) is 17.4 Å². The Morgan fingerprint density at radius 2 is 2.20 bits per heavy atom. The predicted molar refractivity (Wildman–Crippen MR) is 62.6 cm³/mol. The number of benzene rings is 1. The topological polar surface area (TPSA) is 13.1 Å². The first kappa shape index (κ1) is 10.6. The lowest BCUT2D eigenvalue weighted by Crippen LogP contribution is -1.87. The summed E-state index contributed by atoms with van der Waals surface area (Å²) in [6.45, 7) is 4.32. The van der Waals surface area contributed by atoms with E-state index in [1.807, 2.05) is 11.8 Å². The minimum Gasteiger partial charge on any atom is -0.464 e. The van der Waals surface area contributed by atoms with Crippen molar-refractivity contribution in [1.82, 2.24) is 0 Å². The molecule has 2 rings (SSSR count). The molecule has 0 unspecified atom stereocenters. The van der Waals surface area contributed by atoms with Gasteiger partial charge < -0.3 is 4.42 Å². The van der Waals surface area contributed by atoms with Gasteiger partial charge in [0.2, 0.25) is 0 Å². The van der Waals surface area contributed by atoms with Gasteiger partial charge in [0.25, 0.3) is 0 Å². The Morgan fingerprint density at radius 3 is 2.93 bits per heavy atom. The van der Waals surface area contributed by atoms with Crippen molar-refractivity contribution < 1.29 is 8.81 Å². The number of furan rings is 1. The van der Waals surface area contributed by atoms with E-state index in [2.05, 4.69) is 13.8 Å². The highest BCUT2D eigenvalue weighted by Gasteiger charge is 2.07. The van der Waals surface area contributed by atoms with Crippen molar-refractivity contribution in [3.05, 3.63) is 35.8 Å². The number of fused-ring (bicyclic) bond motifs is 1. The van der Waals surface area contributed by atoms with Gasteiger partial charge in [-0.2, -0.15) is 11.8 Å². The number of thioether (sulfide) groups is 1. The fraction of sp³-hybridized carbons (Fsp3) is 0.333. The molecular weight excluding hydrogens is 211 g/mol. The van der Waals surface area contributed by atoms with Gasteiger partial charge in [0.05, 0.1) is 6.26 Å². The van der Waals surface area contributed by atoms with Gasteiger partial charge in [0.1, 0.15) is 11.4 Å². The molecule has 80 valence electrons. The largest absolute Gasteiger partial charge is 0.464 e. The summed E-state index contributed by atoms with van der Waals surface area (Å²) in [5.41, 5.74) is 1.78. The van der Waals surface area contributed by atoms with Crippen molar-refractivity contribution in [2.24, 2.45) is 0 Å². The van der Waals surface area contributed by atoms with Crippen LogP contribution in [0, 0.1) is 5.82 Å². The van der Waals surface area contributed by atoms with Crippen molar-refractivity contribution in [2.45, 2.75) is 24.9 Å². The standard InChI is InChI=1S/C12H13FOS/c1-8(2)15-7-9-6-14-12-5-10(13)3-4-11(9)12/h3-6,8H,7H2,1-2H3. The molecule has 0 amide bonds. The quantitative estimate of drug-likeness (QED) is 0.774. The highest BCUT2D eigenvalue weighted by atomic mass is 32.2. The van der Waals surface area contributed by atoms with Gasteiger partial charge in [-0.1, -0.05) is 13.8 Å².